The molecule has 43 heavy (non-hydrogen) atoms. The van der Waals surface area contributed by atoms with E-state index in [0.717, 1.165) is 53.3 Å². The molecule has 2 heterocycles. The molecule has 2 rings (SSSR count). The molecule has 17 heteroatoms. The maximum Gasteiger partial charge on any atom is 0.303 e. The molecule has 0 aromatic carbocycles. The van der Waals surface area contributed by atoms with Gasteiger partial charge in [0.2, 0.25) is 0 Å². The summed E-state index contributed by atoms with van der Waals surface area (Å²) < 4.78 is 49.4. The minimum absolute atomic E-state index is 0.167. The zero-order valence-corrected chi connectivity index (χ0v) is 25.6. The van der Waals surface area contributed by atoms with Crippen molar-refractivity contribution in [2.24, 2.45) is 0 Å². The number of hydrogen-bond acceptors (Lipinski definition) is 17. The van der Waals surface area contributed by atoms with E-state index in [0.29, 0.717) is 0 Å². The molecule has 0 N–H and O–H groups in total. The highest BCUT2D eigenvalue weighted by Gasteiger charge is 2.55. The molecule has 16 nitrogen and oxygen atoms in total. The second-order valence-corrected chi connectivity index (χ2v) is 10.9. The van der Waals surface area contributed by atoms with Crippen molar-refractivity contribution < 1.29 is 76.2 Å². The normalized spacial score (nSPS) is 30.2. The van der Waals surface area contributed by atoms with Crippen LogP contribution in [0.15, 0.2) is 0 Å². The van der Waals surface area contributed by atoms with Crippen molar-refractivity contribution in [2.45, 2.75) is 102 Å². The maximum absolute atomic E-state index is 12.2. The van der Waals surface area contributed by atoms with Gasteiger partial charge in [0, 0.05) is 48.5 Å². The maximum atomic E-state index is 12.2. The van der Waals surface area contributed by atoms with Gasteiger partial charge in [-0.3, -0.25) is 33.6 Å². The monoisotopic (exact) mass is 636 g/mol. The molecule has 2 aliphatic heterocycles. The molecule has 0 unspecified atom stereocenters. The van der Waals surface area contributed by atoms with Crippen molar-refractivity contribution in [3.05, 3.63) is 0 Å². The van der Waals surface area contributed by atoms with E-state index < -0.39 is 102 Å². The summed E-state index contributed by atoms with van der Waals surface area (Å²) in [4.78, 5) is 83.4. The third-order valence-corrected chi connectivity index (χ3v) is 7.24. The summed E-state index contributed by atoms with van der Waals surface area (Å²) in [6.45, 7) is 6.95. The van der Waals surface area contributed by atoms with Crippen molar-refractivity contribution in [1.29, 1.82) is 0 Å². The van der Waals surface area contributed by atoms with Crippen LogP contribution in [0, 0.1) is 0 Å². The molecule has 0 aromatic rings. The van der Waals surface area contributed by atoms with Crippen LogP contribution in [-0.4, -0.2) is 115 Å². The molecule has 0 aromatic heterocycles. The molecule has 0 amide bonds. The standard InChI is InChI=1S/C26H36O16S/c1-11(27)34-8-18-21(37-13(3)29)23(39-15(5)31)20(10-36-18)43-26-25(41-17(7)33)24(40-16(6)32)22(38-14(4)30)19(42-26)9-35-12(2)28/h18-26H,8-10H2,1-7H3/t18-,19-,20-,21-,22-,23+,24+,25-,26+/m1/s1. The van der Waals surface area contributed by atoms with E-state index in [-0.39, 0.29) is 13.2 Å². The van der Waals surface area contributed by atoms with Gasteiger partial charge in [0.05, 0.1) is 11.9 Å². The Morgan fingerprint density at radius 2 is 0.930 bits per heavy atom. The first-order chi connectivity index (χ1) is 20.1. The smallest absolute Gasteiger partial charge is 0.303 e. The average Bonchev–Trinajstić information content (AvgIpc) is 2.86. The van der Waals surface area contributed by atoms with Gasteiger partial charge in [0.15, 0.2) is 30.5 Å². The van der Waals surface area contributed by atoms with Gasteiger partial charge in [0.1, 0.15) is 30.9 Å². The number of ether oxygens (including phenoxy) is 9. The predicted octanol–water partition coefficient (Wildman–Crippen LogP) is -0.00340. The zero-order valence-electron chi connectivity index (χ0n) is 24.8. The van der Waals surface area contributed by atoms with Crippen LogP contribution < -0.4 is 0 Å². The van der Waals surface area contributed by atoms with Crippen LogP contribution in [0.4, 0.5) is 0 Å². The van der Waals surface area contributed by atoms with E-state index in [1.807, 2.05) is 0 Å². The van der Waals surface area contributed by atoms with E-state index >= 15 is 0 Å². The van der Waals surface area contributed by atoms with Crippen molar-refractivity contribution in [3.8, 4) is 0 Å². The largest absolute Gasteiger partial charge is 0.463 e. The van der Waals surface area contributed by atoms with Gasteiger partial charge in [-0.1, -0.05) is 0 Å². The molecule has 0 saturated carbocycles. The minimum Gasteiger partial charge on any atom is -0.463 e. The number of carbonyl (C=O) groups excluding carboxylic acids is 7. The Balaban J connectivity index is 2.53. The highest BCUT2D eigenvalue weighted by Crippen LogP contribution is 2.40. The Morgan fingerprint density at radius 1 is 0.535 bits per heavy atom. The van der Waals surface area contributed by atoms with Crippen molar-refractivity contribution in [3.63, 3.8) is 0 Å². The number of carbonyl (C=O) groups is 7. The fourth-order valence-electron chi connectivity index (χ4n) is 4.43. The lowest BCUT2D eigenvalue weighted by atomic mass is 9.99. The third-order valence-electron chi connectivity index (χ3n) is 5.84. The molecule has 242 valence electrons. The topological polar surface area (TPSA) is 203 Å². The second kappa shape index (κ2) is 16.4. The van der Waals surface area contributed by atoms with Crippen LogP contribution >= 0.6 is 11.8 Å². The van der Waals surface area contributed by atoms with Crippen molar-refractivity contribution in [1.82, 2.24) is 0 Å². The Morgan fingerprint density at radius 3 is 1.40 bits per heavy atom. The van der Waals surface area contributed by atoms with E-state index in [9.17, 15) is 33.6 Å². The molecule has 2 fully saturated rings. The molecular weight excluding hydrogens is 600 g/mol. The van der Waals surface area contributed by atoms with Gasteiger partial charge in [-0.25, -0.2) is 0 Å². The van der Waals surface area contributed by atoms with Crippen molar-refractivity contribution >= 4 is 53.5 Å². The fraction of sp³-hybridized carbons (Fsp3) is 0.731. The molecule has 0 spiro atoms. The summed E-state index contributed by atoms with van der Waals surface area (Å²) in [5.41, 5.74) is -1.23. The molecular formula is C26H36O16S. The summed E-state index contributed by atoms with van der Waals surface area (Å²) in [7, 11) is 0. The van der Waals surface area contributed by atoms with Gasteiger partial charge in [0.25, 0.3) is 0 Å². The number of esters is 7. The number of thioether (sulfide) groups is 1. The average molecular weight is 637 g/mol. The highest BCUT2D eigenvalue weighted by molar-refractivity contribution is 8.00. The zero-order chi connectivity index (χ0) is 32.4. The highest BCUT2D eigenvalue weighted by atomic mass is 32.2. The predicted molar refractivity (Wildman–Crippen MR) is 141 cm³/mol. The van der Waals surface area contributed by atoms with Crippen molar-refractivity contribution in [2.75, 3.05) is 19.8 Å². The SMILES string of the molecule is CC(=O)OC[C@H]1O[C@@H](S[C@@H]2CO[C@H](COC(C)=O)[C@@H](OC(C)=O)[C@H]2OC(C)=O)[C@H](OC(C)=O)[C@@H](OC(C)=O)[C@@H]1OC(C)=O. The van der Waals surface area contributed by atoms with Gasteiger partial charge in [-0.2, -0.15) is 0 Å². The lowest BCUT2D eigenvalue weighted by Gasteiger charge is -2.46. The summed E-state index contributed by atoms with van der Waals surface area (Å²) >= 11 is 0.916. The first-order valence-electron chi connectivity index (χ1n) is 13.1. The van der Waals surface area contributed by atoms with E-state index in [1.54, 1.807) is 0 Å². The number of hydrogen-bond donors (Lipinski definition) is 0. The van der Waals surface area contributed by atoms with Gasteiger partial charge in [-0.05, 0) is 0 Å². The van der Waals surface area contributed by atoms with Gasteiger partial charge in [-0.15, -0.1) is 11.8 Å². The van der Waals surface area contributed by atoms with Crippen LogP contribution in [0.1, 0.15) is 48.5 Å². The lowest BCUT2D eigenvalue weighted by Crippen LogP contribution is -2.63. The summed E-state index contributed by atoms with van der Waals surface area (Å²) in [5.74, 6) is -5.17. The molecule has 0 aliphatic carbocycles. The first-order valence-corrected chi connectivity index (χ1v) is 14.1. The Labute approximate surface area is 251 Å². The Bertz CT molecular complexity index is 1060. The second-order valence-electron chi connectivity index (χ2n) is 9.56. The Kier molecular flexibility index (Phi) is 13.7. The lowest BCUT2D eigenvalue weighted by molar-refractivity contribution is -0.237. The molecule has 0 radical (unpaired) electrons. The minimum atomic E-state index is -1.42. The van der Waals surface area contributed by atoms with Gasteiger partial charge < -0.3 is 42.6 Å². The van der Waals surface area contributed by atoms with E-state index in [1.165, 1.54) is 6.92 Å². The fourth-order valence-corrected chi connectivity index (χ4v) is 5.87. The summed E-state index contributed by atoms with van der Waals surface area (Å²) in [6.07, 6.45) is -8.83. The first kappa shape index (κ1) is 35.8. The van der Waals surface area contributed by atoms with Crippen LogP contribution in [0.2, 0.25) is 0 Å². The van der Waals surface area contributed by atoms with E-state index in [4.69, 9.17) is 42.6 Å². The van der Waals surface area contributed by atoms with Crippen LogP contribution in [0.5, 0.6) is 0 Å². The molecule has 9 atom stereocenters. The number of rotatable bonds is 11. The Hall–Kier alpha value is -3.44. The van der Waals surface area contributed by atoms with Crippen LogP contribution in [-0.2, 0) is 76.2 Å². The summed E-state index contributed by atoms with van der Waals surface area (Å²) in [6, 6.07) is 0. The third kappa shape index (κ3) is 11.3. The summed E-state index contributed by atoms with van der Waals surface area (Å²) in [5, 5.41) is -0.873. The molecule has 2 saturated heterocycles. The van der Waals surface area contributed by atoms with Crippen LogP contribution in [0.3, 0.4) is 0 Å². The molecule has 2 aliphatic rings. The van der Waals surface area contributed by atoms with Gasteiger partial charge >= 0.3 is 41.8 Å². The molecule has 0 bridgehead atoms. The van der Waals surface area contributed by atoms with E-state index in [2.05, 4.69) is 0 Å². The van der Waals surface area contributed by atoms with Crippen LogP contribution in [0.25, 0.3) is 0 Å². The quantitative estimate of drug-likeness (QED) is 0.216.